The van der Waals surface area contributed by atoms with Crippen LogP contribution in [-0.4, -0.2) is 27.5 Å². The van der Waals surface area contributed by atoms with Gasteiger partial charge in [0.15, 0.2) is 10.8 Å². The van der Waals surface area contributed by atoms with Crippen LogP contribution in [0.15, 0.2) is 42.6 Å². The largest absolute Gasteiger partial charge is 0.494 e. The maximum Gasteiger partial charge on any atom is 0.166 e. The summed E-state index contributed by atoms with van der Waals surface area (Å²) in [6.07, 6.45) is 3.84. The average Bonchev–Trinajstić information content (AvgIpc) is 2.96. The molecular weight excluding hydrogens is 338 g/mol. The van der Waals surface area contributed by atoms with Gasteiger partial charge in [0.2, 0.25) is 0 Å². The van der Waals surface area contributed by atoms with Crippen LogP contribution >= 0.6 is 11.6 Å². The highest BCUT2D eigenvalue weighted by atomic mass is 35.5. The molecule has 0 bridgehead atoms. The van der Waals surface area contributed by atoms with Gasteiger partial charge in [-0.15, -0.1) is 10.2 Å². The Morgan fingerprint density at radius 1 is 1.24 bits per heavy atom. The van der Waals surface area contributed by atoms with E-state index in [1.807, 2.05) is 24.4 Å². The summed E-state index contributed by atoms with van der Waals surface area (Å²) in [5.74, 6) is 0.769. The lowest BCUT2D eigenvalue weighted by molar-refractivity contribution is -0.118. The number of halogens is 1. The Morgan fingerprint density at radius 3 is 2.72 bits per heavy atom. The van der Waals surface area contributed by atoms with Crippen LogP contribution in [0.25, 0.3) is 11.0 Å². The van der Waals surface area contributed by atoms with Crippen molar-refractivity contribution in [3.05, 3.63) is 53.3 Å². The van der Waals surface area contributed by atoms with Gasteiger partial charge in [0.05, 0.1) is 24.7 Å². The highest BCUT2D eigenvalue weighted by molar-refractivity contribution is 6.30. The topological polar surface area (TPSA) is 49.2 Å². The monoisotopic (exact) mass is 357 g/mol. The molecule has 0 atom stereocenters. The van der Waals surface area contributed by atoms with Gasteiger partial charge < -0.3 is 14.0 Å². The zero-order valence-electron chi connectivity index (χ0n) is 14.3. The Labute approximate surface area is 151 Å². The average molecular weight is 358 g/mol. The van der Waals surface area contributed by atoms with Crippen LogP contribution in [0.5, 0.6) is 5.75 Å². The molecule has 2 aromatic heterocycles. The van der Waals surface area contributed by atoms with E-state index in [1.165, 1.54) is 5.56 Å². The van der Waals surface area contributed by atoms with Crippen LogP contribution in [0.1, 0.15) is 31.4 Å². The van der Waals surface area contributed by atoms with E-state index in [1.54, 1.807) is 13.2 Å². The number of aromatic nitrogens is 3. The summed E-state index contributed by atoms with van der Waals surface area (Å²) < 4.78 is 13.8. The van der Waals surface area contributed by atoms with Gasteiger partial charge in [-0.2, -0.15) is 0 Å². The van der Waals surface area contributed by atoms with E-state index in [2.05, 4.69) is 33.8 Å². The van der Waals surface area contributed by atoms with Crippen molar-refractivity contribution in [1.29, 1.82) is 0 Å². The van der Waals surface area contributed by atoms with Crippen molar-refractivity contribution < 1.29 is 9.47 Å². The van der Waals surface area contributed by atoms with Crippen molar-refractivity contribution in [2.24, 2.45) is 0 Å². The van der Waals surface area contributed by atoms with Crippen LogP contribution in [0.2, 0.25) is 5.15 Å². The van der Waals surface area contributed by atoms with E-state index >= 15 is 0 Å². The molecule has 1 aromatic carbocycles. The number of methoxy groups -OCH3 is 1. The Morgan fingerprint density at radius 2 is 2.00 bits per heavy atom. The fourth-order valence-corrected chi connectivity index (χ4v) is 3.66. The lowest BCUT2D eigenvalue weighted by Crippen LogP contribution is -2.44. The summed E-state index contributed by atoms with van der Waals surface area (Å²) in [7, 11) is 1.65. The second-order valence-electron chi connectivity index (χ2n) is 6.80. The van der Waals surface area contributed by atoms with E-state index in [9.17, 15) is 0 Å². The van der Waals surface area contributed by atoms with Gasteiger partial charge >= 0.3 is 0 Å². The molecule has 1 saturated carbocycles. The molecule has 3 aromatic rings. The standard InChI is InChI=1S/C19H20ClN3O2/c1-19(25-12-13-6-4-3-5-7-13)9-14(10-19)23-11-16(24-2)15-8-17(20)21-22-18(15)23/h3-8,11,14H,9-10,12H2,1-2H3. The number of fused-ring (bicyclic) bond motifs is 1. The molecule has 0 N–H and O–H groups in total. The molecule has 0 aliphatic heterocycles. The zero-order valence-corrected chi connectivity index (χ0v) is 15.0. The normalized spacial score (nSPS) is 22.8. The van der Waals surface area contributed by atoms with Gasteiger partial charge in [-0.05, 0) is 31.4 Å². The number of hydrogen-bond donors (Lipinski definition) is 0. The maximum absolute atomic E-state index is 6.17. The molecule has 0 amide bonds. The molecule has 2 heterocycles. The number of ether oxygens (including phenoxy) is 2. The third-order valence-electron chi connectivity index (χ3n) is 4.89. The Kier molecular flexibility index (Phi) is 4.13. The smallest absolute Gasteiger partial charge is 0.166 e. The van der Waals surface area contributed by atoms with Crippen LogP contribution in [-0.2, 0) is 11.3 Å². The molecule has 1 aliphatic carbocycles. The summed E-state index contributed by atoms with van der Waals surface area (Å²) in [6, 6.07) is 12.4. The third-order valence-corrected chi connectivity index (χ3v) is 5.07. The molecule has 0 spiro atoms. The van der Waals surface area contributed by atoms with Gasteiger partial charge in [-0.1, -0.05) is 41.9 Å². The first-order valence-electron chi connectivity index (χ1n) is 8.34. The predicted molar refractivity (Wildman–Crippen MR) is 97.0 cm³/mol. The van der Waals surface area contributed by atoms with Gasteiger partial charge in [-0.3, -0.25) is 0 Å². The number of hydrogen-bond acceptors (Lipinski definition) is 4. The van der Waals surface area contributed by atoms with Crippen molar-refractivity contribution in [2.75, 3.05) is 7.11 Å². The predicted octanol–water partition coefficient (Wildman–Crippen LogP) is 4.40. The first-order valence-corrected chi connectivity index (χ1v) is 8.71. The van der Waals surface area contributed by atoms with E-state index < -0.39 is 0 Å². The quantitative estimate of drug-likeness (QED) is 0.679. The Bertz CT molecular complexity index is 888. The van der Waals surface area contributed by atoms with Gasteiger partial charge in [0.25, 0.3) is 0 Å². The van der Waals surface area contributed by atoms with Crippen LogP contribution in [0.4, 0.5) is 0 Å². The Balaban J connectivity index is 1.49. The maximum atomic E-state index is 6.17. The van der Waals surface area contributed by atoms with Crippen LogP contribution in [0, 0.1) is 0 Å². The van der Waals surface area contributed by atoms with Gasteiger partial charge in [0.1, 0.15) is 5.75 Å². The number of rotatable bonds is 5. The first-order chi connectivity index (χ1) is 12.1. The van der Waals surface area contributed by atoms with E-state index in [4.69, 9.17) is 21.1 Å². The molecule has 1 aliphatic rings. The van der Waals surface area contributed by atoms with Gasteiger partial charge in [-0.25, -0.2) is 0 Å². The minimum atomic E-state index is -0.121. The fraction of sp³-hybridized carbons (Fsp3) is 0.368. The fourth-order valence-electron chi connectivity index (χ4n) is 3.51. The zero-order chi connectivity index (χ0) is 17.4. The molecule has 6 heteroatoms. The summed E-state index contributed by atoms with van der Waals surface area (Å²) in [5.41, 5.74) is 1.88. The van der Waals surface area contributed by atoms with Crippen molar-refractivity contribution in [1.82, 2.24) is 14.8 Å². The summed E-state index contributed by atoms with van der Waals surface area (Å²) >= 11 is 5.97. The molecule has 130 valence electrons. The van der Waals surface area contributed by atoms with Crippen LogP contribution < -0.4 is 4.74 Å². The highest BCUT2D eigenvalue weighted by Gasteiger charge is 2.43. The minimum Gasteiger partial charge on any atom is -0.494 e. The number of benzene rings is 1. The van der Waals surface area contributed by atoms with E-state index in [-0.39, 0.29) is 5.60 Å². The summed E-state index contributed by atoms with van der Waals surface area (Å²) in [5, 5.41) is 9.49. The van der Waals surface area contributed by atoms with Crippen molar-refractivity contribution in [2.45, 2.75) is 38.0 Å². The number of nitrogens with zero attached hydrogens (tertiary/aromatic N) is 3. The molecule has 25 heavy (non-hydrogen) atoms. The SMILES string of the molecule is COc1cn(C2CC(C)(OCc3ccccc3)C2)c2nnc(Cl)cc12. The van der Waals surface area contributed by atoms with E-state index in [0.717, 1.165) is 29.6 Å². The second-order valence-corrected chi connectivity index (χ2v) is 7.18. The molecule has 0 saturated heterocycles. The highest BCUT2D eigenvalue weighted by Crippen LogP contribution is 2.46. The molecular formula is C19H20ClN3O2. The Hall–Kier alpha value is -2.11. The lowest BCUT2D eigenvalue weighted by Gasteiger charge is -2.45. The second kappa shape index (κ2) is 6.32. The summed E-state index contributed by atoms with van der Waals surface area (Å²) in [6.45, 7) is 2.80. The molecule has 5 nitrogen and oxygen atoms in total. The van der Waals surface area contributed by atoms with Crippen molar-refractivity contribution in [3.8, 4) is 5.75 Å². The molecule has 1 fully saturated rings. The van der Waals surface area contributed by atoms with Crippen molar-refractivity contribution in [3.63, 3.8) is 0 Å². The molecule has 4 rings (SSSR count). The van der Waals surface area contributed by atoms with E-state index in [0.29, 0.717) is 17.8 Å². The van der Waals surface area contributed by atoms with Gasteiger partial charge in [0, 0.05) is 12.2 Å². The first kappa shape index (κ1) is 16.4. The van der Waals surface area contributed by atoms with Crippen LogP contribution in [0.3, 0.4) is 0 Å². The molecule has 0 unspecified atom stereocenters. The summed E-state index contributed by atoms with van der Waals surface area (Å²) in [4.78, 5) is 0. The minimum absolute atomic E-state index is 0.121. The lowest BCUT2D eigenvalue weighted by atomic mass is 9.76. The third kappa shape index (κ3) is 3.10. The molecule has 0 radical (unpaired) electrons. The van der Waals surface area contributed by atoms with Crippen molar-refractivity contribution >= 4 is 22.6 Å².